The Morgan fingerprint density at radius 3 is 1.69 bits per heavy atom. The lowest BCUT2D eigenvalue weighted by atomic mass is 9.79. The lowest BCUT2D eigenvalue weighted by Crippen LogP contribution is -2.44. The normalized spacial score (nSPS) is 17.2. The molecule has 1 atom stereocenters. The Kier molecular flexibility index (Phi) is 11.4. The first-order valence-electron chi connectivity index (χ1n) is 19.1. The zero-order valence-electron chi connectivity index (χ0n) is 31.3. The Morgan fingerprint density at radius 2 is 1.17 bits per heavy atom. The molecule has 0 heterocycles. The molecular weight excluding hydrogens is 675 g/mol. The van der Waals surface area contributed by atoms with E-state index in [1.54, 1.807) is 14.2 Å². The fourth-order valence-corrected chi connectivity index (χ4v) is 8.22. The van der Waals surface area contributed by atoms with Gasteiger partial charge in [-0.1, -0.05) is 110 Å². The van der Waals surface area contributed by atoms with Gasteiger partial charge in [-0.05, 0) is 95.3 Å². The minimum absolute atomic E-state index is 0.00186. The molecule has 0 aromatic heterocycles. The van der Waals surface area contributed by atoms with Crippen LogP contribution in [0.5, 0.6) is 11.5 Å². The molecular formula is C47H49NO6. The van der Waals surface area contributed by atoms with Gasteiger partial charge in [-0.25, -0.2) is 0 Å². The van der Waals surface area contributed by atoms with Crippen molar-refractivity contribution >= 4 is 11.9 Å². The van der Waals surface area contributed by atoms with E-state index in [1.807, 2.05) is 73.7 Å². The van der Waals surface area contributed by atoms with E-state index in [-0.39, 0.29) is 43.0 Å². The number of rotatable bonds is 14. The highest BCUT2D eigenvalue weighted by Crippen LogP contribution is 2.46. The van der Waals surface area contributed by atoms with E-state index in [9.17, 15) is 9.59 Å². The molecule has 0 unspecified atom stereocenters. The van der Waals surface area contributed by atoms with Crippen molar-refractivity contribution in [2.75, 3.05) is 20.8 Å². The van der Waals surface area contributed by atoms with Gasteiger partial charge in [0.1, 0.15) is 23.7 Å². The summed E-state index contributed by atoms with van der Waals surface area (Å²) in [6, 6.07) is 43.1. The maximum absolute atomic E-state index is 13.6. The Bertz CT molecular complexity index is 1930. The topological polar surface area (TPSA) is 83.1 Å². The molecule has 0 spiro atoms. The summed E-state index contributed by atoms with van der Waals surface area (Å²) in [5.41, 5.74) is 6.84. The average molecular weight is 724 g/mol. The number of nitrogens with one attached hydrogen (secondary N) is 1. The molecule has 0 saturated heterocycles. The summed E-state index contributed by atoms with van der Waals surface area (Å²) in [5.74, 6) is 0.649. The number of esters is 1. The second-order valence-electron chi connectivity index (χ2n) is 14.3. The summed E-state index contributed by atoms with van der Waals surface area (Å²) >= 11 is 0. The van der Waals surface area contributed by atoms with E-state index in [0.29, 0.717) is 6.42 Å². The van der Waals surface area contributed by atoms with E-state index < -0.39 is 11.5 Å². The molecule has 5 aromatic rings. The van der Waals surface area contributed by atoms with Crippen molar-refractivity contribution in [3.8, 4) is 22.6 Å². The molecule has 0 aliphatic heterocycles. The molecule has 0 radical (unpaired) electrons. The molecule has 2 aliphatic carbocycles. The van der Waals surface area contributed by atoms with Crippen LogP contribution in [-0.2, 0) is 24.7 Å². The molecule has 5 aromatic carbocycles. The lowest BCUT2D eigenvalue weighted by molar-refractivity contribution is -0.147. The predicted octanol–water partition coefficient (Wildman–Crippen LogP) is 9.21. The van der Waals surface area contributed by atoms with E-state index in [0.717, 1.165) is 53.9 Å². The van der Waals surface area contributed by atoms with Gasteiger partial charge in [0.15, 0.2) is 0 Å². The van der Waals surface area contributed by atoms with Gasteiger partial charge in [-0.3, -0.25) is 9.59 Å². The minimum atomic E-state index is -0.892. The van der Waals surface area contributed by atoms with Crippen LogP contribution in [-0.4, -0.2) is 44.8 Å². The van der Waals surface area contributed by atoms with Crippen LogP contribution in [0.15, 0.2) is 127 Å². The second-order valence-corrected chi connectivity index (χ2v) is 14.3. The van der Waals surface area contributed by atoms with Crippen molar-refractivity contribution in [2.24, 2.45) is 5.92 Å². The second kappa shape index (κ2) is 16.7. The van der Waals surface area contributed by atoms with Gasteiger partial charge in [0, 0.05) is 17.9 Å². The lowest BCUT2D eigenvalue weighted by Gasteiger charge is -2.41. The van der Waals surface area contributed by atoms with Crippen LogP contribution >= 0.6 is 0 Å². The Morgan fingerprint density at radius 1 is 0.667 bits per heavy atom. The summed E-state index contributed by atoms with van der Waals surface area (Å²) in [6.07, 6.45) is 3.63. The monoisotopic (exact) mass is 723 g/mol. The molecule has 1 saturated carbocycles. The van der Waals surface area contributed by atoms with Gasteiger partial charge in [0.2, 0.25) is 5.91 Å². The molecule has 7 heteroatoms. The molecule has 1 amide bonds. The fourth-order valence-electron chi connectivity index (χ4n) is 8.22. The van der Waals surface area contributed by atoms with Crippen molar-refractivity contribution in [2.45, 2.75) is 69.1 Å². The Hall–Kier alpha value is -5.40. The molecule has 7 nitrogen and oxygen atoms in total. The maximum Gasteiger partial charge on any atom is 0.306 e. The Labute approximate surface area is 318 Å². The van der Waals surface area contributed by atoms with Crippen LogP contribution in [0.2, 0.25) is 0 Å². The minimum Gasteiger partial charge on any atom is -0.497 e. The summed E-state index contributed by atoms with van der Waals surface area (Å²) in [5, 5.41) is 3.27. The number of carbonyl (C=O) groups is 2. The van der Waals surface area contributed by atoms with Gasteiger partial charge in [0.05, 0.1) is 26.7 Å². The van der Waals surface area contributed by atoms with Gasteiger partial charge in [-0.2, -0.15) is 0 Å². The van der Waals surface area contributed by atoms with Crippen LogP contribution in [0.4, 0.5) is 0 Å². The average Bonchev–Trinajstić information content (AvgIpc) is 3.55. The van der Waals surface area contributed by atoms with Gasteiger partial charge in [0.25, 0.3) is 0 Å². The van der Waals surface area contributed by atoms with Crippen molar-refractivity contribution < 1.29 is 28.5 Å². The molecule has 278 valence electrons. The van der Waals surface area contributed by atoms with Crippen LogP contribution < -0.4 is 14.8 Å². The number of hydrogen-bond donors (Lipinski definition) is 1. The summed E-state index contributed by atoms with van der Waals surface area (Å²) in [4.78, 5) is 26.7. The third-order valence-electron chi connectivity index (χ3n) is 11.2. The molecule has 2 aliphatic rings. The zero-order valence-corrected chi connectivity index (χ0v) is 31.3. The fraction of sp³-hybridized carbons (Fsp3) is 0.319. The summed E-state index contributed by atoms with van der Waals surface area (Å²) in [6.45, 7) is 2.21. The van der Waals surface area contributed by atoms with E-state index in [1.165, 1.54) is 22.3 Å². The first-order valence-corrected chi connectivity index (χ1v) is 19.1. The smallest absolute Gasteiger partial charge is 0.306 e. The first kappa shape index (κ1) is 36.9. The largest absolute Gasteiger partial charge is 0.497 e. The number of ether oxygens (including phenoxy) is 4. The van der Waals surface area contributed by atoms with Crippen LogP contribution in [0.3, 0.4) is 0 Å². The van der Waals surface area contributed by atoms with Crippen molar-refractivity contribution in [3.63, 3.8) is 0 Å². The van der Waals surface area contributed by atoms with Crippen LogP contribution in [0.25, 0.3) is 11.1 Å². The van der Waals surface area contributed by atoms with Gasteiger partial charge < -0.3 is 24.3 Å². The highest BCUT2D eigenvalue weighted by Gasteiger charge is 2.41. The standard InChI is InChI=1S/C47H49NO6/c1-4-32(30-45(49)53-31-44-42-16-10-8-14-40(42)41-15-9-11-17-43(41)44)46(50)48-36-22-28-39(29-23-36)54-47(33-12-6-5-7-13-33,34-18-24-37(51-2)25-19-34)35-20-26-38(52-3)27-21-35/h5-21,24-27,32,36,39,44H,4,22-23,28-31H2,1-3H3,(H,48,50)/t32-,36?,39?/m1/s1. The van der Waals surface area contributed by atoms with E-state index in [4.69, 9.17) is 18.9 Å². The van der Waals surface area contributed by atoms with Gasteiger partial charge >= 0.3 is 5.97 Å². The maximum atomic E-state index is 13.6. The predicted molar refractivity (Wildman–Crippen MR) is 211 cm³/mol. The number of hydrogen-bond acceptors (Lipinski definition) is 6. The quantitative estimate of drug-likeness (QED) is 0.0909. The molecule has 7 rings (SSSR count). The molecule has 54 heavy (non-hydrogen) atoms. The molecule has 0 bridgehead atoms. The highest BCUT2D eigenvalue weighted by molar-refractivity contribution is 5.84. The van der Waals surface area contributed by atoms with Gasteiger partial charge in [-0.15, -0.1) is 0 Å². The van der Waals surface area contributed by atoms with E-state index >= 15 is 0 Å². The molecule has 1 N–H and O–H groups in total. The first-order chi connectivity index (χ1) is 26.4. The number of amides is 1. The van der Waals surface area contributed by atoms with E-state index in [2.05, 4.69) is 66.0 Å². The third kappa shape index (κ3) is 7.64. The highest BCUT2D eigenvalue weighted by atomic mass is 16.5. The molecule has 1 fully saturated rings. The Balaban J connectivity index is 0.998. The third-order valence-corrected chi connectivity index (χ3v) is 11.2. The number of benzene rings is 5. The number of methoxy groups -OCH3 is 2. The zero-order chi connectivity index (χ0) is 37.5. The van der Waals surface area contributed by atoms with Crippen molar-refractivity contribution in [1.29, 1.82) is 0 Å². The summed E-state index contributed by atoms with van der Waals surface area (Å²) < 4.78 is 24.2. The SMILES string of the molecule is CC[C@H](CC(=O)OCC1c2ccccc2-c2ccccc21)C(=O)NC1CCC(OC(c2ccccc2)(c2ccc(OC)cc2)c2ccc(OC)cc2)CC1. The summed E-state index contributed by atoms with van der Waals surface area (Å²) in [7, 11) is 3.33. The van der Waals surface area contributed by atoms with Crippen LogP contribution in [0, 0.1) is 5.92 Å². The number of carbonyl (C=O) groups excluding carboxylic acids is 2. The van der Waals surface area contributed by atoms with Crippen molar-refractivity contribution in [3.05, 3.63) is 155 Å². The van der Waals surface area contributed by atoms with Crippen molar-refractivity contribution in [1.82, 2.24) is 5.32 Å². The van der Waals surface area contributed by atoms with Crippen LogP contribution in [0.1, 0.15) is 79.2 Å². The number of fused-ring (bicyclic) bond motifs is 3.